The highest BCUT2D eigenvalue weighted by molar-refractivity contribution is 7.10. The third-order valence-electron chi connectivity index (χ3n) is 2.63. The van der Waals surface area contributed by atoms with Crippen LogP contribution in [0.3, 0.4) is 0 Å². The summed E-state index contributed by atoms with van der Waals surface area (Å²) in [5, 5.41) is 15.0. The zero-order valence-electron chi connectivity index (χ0n) is 9.57. The number of nitrogens with one attached hydrogen (secondary N) is 1. The molecule has 1 rings (SSSR count). The molecular weight excluding hydrogens is 206 g/mol. The van der Waals surface area contributed by atoms with Gasteiger partial charge in [-0.05, 0) is 37.3 Å². The number of aliphatic hydroxyl groups is 1. The third-order valence-corrected chi connectivity index (χ3v) is 3.62. The van der Waals surface area contributed by atoms with Crippen LogP contribution in [0.5, 0.6) is 0 Å². The molecule has 1 heterocycles. The van der Waals surface area contributed by atoms with Gasteiger partial charge in [0.05, 0.1) is 6.10 Å². The van der Waals surface area contributed by atoms with Gasteiger partial charge in [-0.2, -0.15) is 0 Å². The summed E-state index contributed by atoms with van der Waals surface area (Å²) in [7, 11) is 0. The van der Waals surface area contributed by atoms with Crippen molar-refractivity contribution in [2.45, 2.75) is 45.3 Å². The van der Waals surface area contributed by atoms with Crippen molar-refractivity contribution >= 4 is 11.3 Å². The summed E-state index contributed by atoms with van der Waals surface area (Å²) >= 11 is 1.80. The molecule has 1 aromatic heterocycles. The lowest BCUT2D eigenvalue weighted by Gasteiger charge is -2.16. The predicted molar refractivity (Wildman–Crippen MR) is 66.3 cm³/mol. The highest BCUT2D eigenvalue weighted by Gasteiger charge is 2.09. The fourth-order valence-corrected chi connectivity index (χ4v) is 2.45. The molecule has 15 heavy (non-hydrogen) atoms. The van der Waals surface area contributed by atoms with E-state index in [-0.39, 0.29) is 6.10 Å². The molecule has 0 aliphatic heterocycles. The first-order chi connectivity index (χ1) is 7.27. The SMILES string of the molecule is CCC(O)CCNC(CC)c1cccs1. The van der Waals surface area contributed by atoms with Crippen LogP contribution in [-0.2, 0) is 0 Å². The summed E-state index contributed by atoms with van der Waals surface area (Å²) < 4.78 is 0. The summed E-state index contributed by atoms with van der Waals surface area (Å²) in [5.41, 5.74) is 0. The third kappa shape index (κ3) is 4.33. The van der Waals surface area contributed by atoms with Crippen LogP contribution in [0.1, 0.15) is 44.0 Å². The van der Waals surface area contributed by atoms with Crippen LogP contribution < -0.4 is 5.32 Å². The van der Waals surface area contributed by atoms with Gasteiger partial charge in [0.1, 0.15) is 0 Å². The number of thiophene rings is 1. The molecular formula is C12H21NOS. The van der Waals surface area contributed by atoms with Crippen molar-refractivity contribution in [1.29, 1.82) is 0 Å². The largest absolute Gasteiger partial charge is 0.393 e. The topological polar surface area (TPSA) is 32.3 Å². The van der Waals surface area contributed by atoms with Crippen molar-refractivity contribution in [2.24, 2.45) is 0 Å². The minimum atomic E-state index is -0.154. The van der Waals surface area contributed by atoms with Crippen molar-refractivity contribution in [2.75, 3.05) is 6.54 Å². The summed E-state index contributed by atoms with van der Waals surface area (Å²) in [6, 6.07) is 4.71. The lowest BCUT2D eigenvalue weighted by Crippen LogP contribution is -2.24. The van der Waals surface area contributed by atoms with Crippen LogP contribution in [0.2, 0.25) is 0 Å². The normalized spacial score (nSPS) is 15.1. The van der Waals surface area contributed by atoms with Gasteiger partial charge in [0.2, 0.25) is 0 Å². The summed E-state index contributed by atoms with van der Waals surface area (Å²) in [4.78, 5) is 1.39. The lowest BCUT2D eigenvalue weighted by atomic mass is 10.1. The van der Waals surface area contributed by atoms with Crippen molar-refractivity contribution in [3.05, 3.63) is 22.4 Å². The summed E-state index contributed by atoms with van der Waals surface area (Å²) in [6.07, 6.45) is 2.64. The summed E-state index contributed by atoms with van der Waals surface area (Å²) in [6.45, 7) is 5.10. The molecule has 0 amide bonds. The van der Waals surface area contributed by atoms with Gasteiger partial charge in [0.15, 0.2) is 0 Å². The van der Waals surface area contributed by atoms with Gasteiger partial charge in [0.25, 0.3) is 0 Å². The number of rotatable bonds is 7. The van der Waals surface area contributed by atoms with Crippen molar-refractivity contribution in [3.8, 4) is 0 Å². The molecule has 86 valence electrons. The van der Waals surface area contributed by atoms with E-state index in [0.717, 1.165) is 25.8 Å². The fraction of sp³-hybridized carbons (Fsp3) is 0.667. The van der Waals surface area contributed by atoms with Crippen molar-refractivity contribution in [3.63, 3.8) is 0 Å². The molecule has 0 saturated carbocycles. The molecule has 0 aliphatic rings. The molecule has 0 fully saturated rings. The standard InChI is InChI=1S/C12H21NOS/c1-3-10(14)7-8-13-11(4-2)12-6-5-9-15-12/h5-6,9-11,13-14H,3-4,7-8H2,1-2H3. The smallest absolute Gasteiger partial charge is 0.0549 e. The molecule has 0 bridgehead atoms. The predicted octanol–water partition coefficient (Wildman–Crippen LogP) is 2.95. The van der Waals surface area contributed by atoms with E-state index in [1.807, 2.05) is 6.92 Å². The van der Waals surface area contributed by atoms with E-state index >= 15 is 0 Å². The number of hydrogen-bond donors (Lipinski definition) is 2. The van der Waals surface area contributed by atoms with E-state index in [0.29, 0.717) is 6.04 Å². The van der Waals surface area contributed by atoms with E-state index in [1.54, 1.807) is 11.3 Å². The van der Waals surface area contributed by atoms with Crippen LogP contribution >= 0.6 is 11.3 Å². The molecule has 0 aliphatic carbocycles. The maximum absolute atomic E-state index is 9.44. The zero-order chi connectivity index (χ0) is 11.1. The second-order valence-corrected chi connectivity index (χ2v) is 4.76. The van der Waals surface area contributed by atoms with Crippen molar-refractivity contribution in [1.82, 2.24) is 5.32 Å². The molecule has 2 unspecified atom stereocenters. The Hall–Kier alpha value is -0.380. The minimum absolute atomic E-state index is 0.154. The maximum atomic E-state index is 9.44. The molecule has 2 N–H and O–H groups in total. The Morgan fingerprint density at radius 2 is 2.20 bits per heavy atom. The van der Waals surface area contributed by atoms with Gasteiger partial charge in [-0.15, -0.1) is 11.3 Å². The average Bonchev–Trinajstić information content (AvgIpc) is 2.77. The van der Waals surface area contributed by atoms with E-state index in [9.17, 15) is 5.11 Å². The number of hydrogen-bond acceptors (Lipinski definition) is 3. The van der Waals surface area contributed by atoms with Crippen LogP contribution in [0.15, 0.2) is 17.5 Å². The highest BCUT2D eigenvalue weighted by Crippen LogP contribution is 2.21. The average molecular weight is 227 g/mol. The first kappa shape index (κ1) is 12.7. The van der Waals surface area contributed by atoms with E-state index in [4.69, 9.17) is 0 Å². The van der Waals surface area contributed by atoms with Gasteiger partial charge < -0.3 is 10.4 Å². The van der Waals surface area contributed by atoms with Crippen LogP contribution in [0.4, 0.5) is 0 Å². The van der Waals surface area contributed by atoms with E-state index in [1.165, 1.54) is 4.88 Å². The van der Waals surface area contributed by atoms with E-state index < -0.39 is 0 Å². The summed E-state index contributed by atoms with van der Waals surface area (Å²) in [5.74, 6) is 0. The Kier molecular flexibility index (Phi) is 5.91. The van der Waals surface area contributed by atoms with Crippen LogP contribution in [0.25, 0.3) is 0 Å². The molecule has 2 atom stereocenters. The lowest BCUT2D eigenvalue weighted by molar-refractivity contribution is 0.158. The first-order valence-electron chi connectivity index (χ1n) is 5.72. The zero-order valence-corrected chi connectivity index (χ0v) is 10.4. The minimum Gasteiger partial charge on any atom is -0.393 e. The molecule has 3 heteroatoms. The van der Waals surface area contributed by atoms with Gasteiger partial charge in [0, 0.05) is 10.9 Å². The van der Waals surface area contributed by atoms with Crippen LogP contribution in [0, 0.1) is 0 Å². The van der Waals surface area contributed by atoms with Gasteiger partial charge in [-0.25, -0.2) is 0 Å². The molecule has 2 nitrogen and oxygen atoms in total. The Morgan fingerprint density at radius 3 is 2.73 bits per heavy atom. The van der Waals surface area contributed by atoms with Gasteiger partial charge in [-0.1, -0.05) is 19.9 Å². The van der Waals surface area contributed by atoms with Gasteiger partial charge >= 0.3 is 0 Å². The van der Waals surface area contributed by atoms with Crippen molar-refractivity contribution < 1.29 is 5.11 Å². The fourth-order valence-electron chi connectivity index (χ4n) is 1.56. The Labute approximate surface area is 96.3 Å². The monoisotopic (exact) mass is 227 g/mol. The molecule has 0 radical (unpaired) electrons. The van der Waals surface area contributed by atoms with Crippen LogP contribution in [-0.4, -0.2) is 17.8 Å². The first-order valence-corrected chi connectivity index (χ1v) is 6.60. The quantitative estimate of drug-likeness (QED) is 0.750. The molecule has 0 spiro atoms. The van der Waals surface area contributed by atoms with Gasteiger partial charge in [-0.3, -0.25) is 0 Å². The molecule has 0 saturated heterocycles. The Bertz CT molecular complexity index is 248. The maximum Gasteiger partial charge on any atom is 0.0549 e. The van der Waals surface area contributed by atoms with E-state index in [2.05, 4.69) is 29.8 Å². The second-order valence-electron chi connectivity index (χ2n) is 3.78. The molecule has 0 aromatic carbocycles. The second kappa shape index (κ2) is 6.99. The molecule has 1 aromatic rings. The Balaban J connectivity index is 2.29. The Morgan fingerprint density at radius 1 is 1.40 bits per heavy atom. The highest BCUT2D eigenvalue weighted by atomic mass is 32.1. The number of aliphatic hydroxyl groups excluding tert-OH is 1.